The van der Waals surface area contributed by atoms with Gasteiger partial charge < -0.3 is 9.80 Å². The zero-order valence-electron chi connectivity index (χ0n) is 19.3. The second-order valence-electron chi connectivity index (χ2n) is 9.37. The van der Waals surface area contributed by atoms with Gasteiger partial charge in [0.2, 0.25) is 0 Å². The molecule has 6 rings (SSSR count). The van der Waals surface area contributed by atoms with E-state index in [1.165, 1.54) is 12.1 Å². The number of anilines is 1. The zero-order valence-corrected chi connectivity index (χ0v) is 19.3. The lowest BCUT2D eigenvalue weighted by Gasteiger charge is -2.54. The third kappa shape index (κ3) is 3.71. The second kappa shape index (κ2) is 8.41. The smallest absolute Gasteiger partial charge is 0.257 e. The molecule has 0 aliphatic carbocycles. The van der Waals surface area contributed by atoms with Gasteiger partial charge in [-0.25, -0.2) is 13.8 Å². The van der Waals surface area contributed by atoms with Gasteiger partial charge in [-0.2, -0.15) is 0 Å². The van der Waals surface area contributed by atoms with E-state index in [2.05, 4.69) is 14.9 Å². The van der Waals surface area contributed by atoms with Crippen molar-refractivity contribution in [3.8, 4) is 11.1 Å². The number of likely N-dealkylation sites (tertiary alicyclic amines) is 1. The molecule has 3 aromatic carbocycles. The maximum Gasteiger partial charge on any atom is 0.257 e. The van der Waals surface area contributed by atoms with Crippen LogP contribution in [0.15, 0.2) is 66.9 Å². The Morgan fingerprint density at radius 3 is 2.66 bits per heavy atom. The highest BCUT2D eigenvalue weighted by atomic mass is 19.1. The van der Waals surface area contributed by atoms with E-state index in [0.717, 1.165) is 18.5 Å². The van der Waals surface area contributed by atoms with Crippen molar-refractivity contribution < 1.29 is 13.6 Å². The van der Waals surface area contributed by atoms with Gasteiger partial charge in [-0.1, -0.05) is 42.5 Å². The SMILES string of the molecule is Cc1ccc(-c2ccccc2)c(C(=O)N2CC[C@H]3CN(c4cnc5cc(F)ccc5n4)[C@H]3C2)c1F. The summed E-state index contributed by atoms with van der Waals surface area (Å²) in [5.41, 5.74) is 3.15. The third-order valence-corrected chi connectivity index (χ3v) is 7.26. The lowest BCUT2D eigenvalue weighted by atomic mass is 9.82. The van der Waals surface area contributed by atoms with Crippen LogP contribution in [0, 0.1) is 24.5 Å². The van der Waals surface area contributed by atoms with Crippen molar-refractivity contribution in [3.63, 3.8) is 0 Å². The van der Waals surface area contributed by atoms with Gasteiger partial charge in [-0.05, 0) is 42.2 Å². The average Bonchev–Trinajstić information content (AvgIpc) is 2.86. The highest BCUT2D eigenvalue weighted by Crippen LogP contribution is 2.37. The molecule has 0 radical (unpaired) electrons. The molecule has 2 atom stereocenters. The van der Waals surface area contributed by atoms with Crippen LogP contribution in [0.5, 0.6) is 0 Å². The highest BCUT2D eigenvalue weighted by molar-refractivity contribution is 6.01. The Bertz CT molecular complexity index is 1440. The molecule has 0 saturated carbocycles. The Labute approximate surface area is 202 Å². The molecule has 5 nitrogen and oxygen atoms in total. The molecule has 3 heterocycles. The standard InChI is InChI=1S/C28H24F2N4O/c1-17-7-9-21(18-5-3-2-4-6-18)26(27(17)30)28(35)33-12-11-19-15-34(24(19)16-33)25-14-31-23-13-20(29)8-10-22(23)32-25/h2-10,13-14,19,24H,11-12,15-16H2,1H3/t19-,24-/m0/s1. The number of hydrogen-bond donors (Lipinski definition) is 0. The summed E-state index contributed by atoms with van der Waals surface area (Å²) in [6.07, 6.45) is 2.51. The molecular weight excluding hydrogens is 446 g/mol. The molecule has 0 unspecified atom stereocenters. The van der Waals surface area contributed by atoms with E-state index < -0.39 is 5.82 Å². The predicted molar refractivity (Wildman–Crippen MR) is 131 cm³/mol. The van der Waals surface area contributed by atoms with E-state index in [9.17, 15) is 9.18 Å². The minimum absolute atomic E-state index is 0.0907. The Hall–Kier alpha value is -3.87. The molecule has 2 fully saturated rings. The molecule has 0 spiro atoms. The zero-order chi connectivity index (χ0) is 24.1. The van der Waals surface area contributed by atoms with Crippen LogP contribution in [0.1, 0.15) is 22.3 Å². The van der Waals surface area contributed by atoms with Crippen molar-refractivity contribution >= 4 is 22.8 Å². The summed E-state index contributed by atoms with van der Waals surface area (Å²) in [4.78, 5) is 26.7. The summed E-state index contributed by atoms with van der Waals surface area (Å²) in [5.74, 6) is 0.0716. The number of piperidine rings is 1. The van der Waals surface area contributed by atoms with Crippen molar-refractivity contribution in [2.24, 2.45) is 5.92 Å². The average molecular weight is 471 g/mol. The second-order valence-corrected chi connectivity index (χ2v) is 9.37. The molecule has 2 saturated heterocycles. The number of aryl methyl sites for hydroxylation is 1. The van der Waals surface area contributed by atoms with E-state index in [1.54, 1.807) is 30.2 Å². The lowest BCUT2D eigenvalue weighted by Crippen LogP contribution is -2.65. The van der Waals surface area contributed by atoms with E-state index in [-0.39, 0.29) is 23.3 Å². The first kappa shape index (κ1) is 21.6. The lowest BCUT2D eigenvalue weighted by molar-refractivity contribution is 0.0587. The summed E-state index contributed by atoms with van der Waals surface area (Å²) < 4.78 is 28.9. The Balaban J connectivity index is 1.28. The minimum Gasteiger partial charge on any atom is -0.350 e. The number of rotatable bonds is 3. The van der Waals surface area contributed by atoms with Crippen molar-refractivity contribution in [3.05, 3.63) is 89.6 Å². The third-order valence-electron chi connectivity index (χ3n) is 7.26. The molecule has 4 aromatic rings. The van der Waals surface area contributed by atoms with Crippen molar-refractivity contribution in [1.82, 2.24) is 14.9 Å². The van der Waals surface area contributed by atoms with Crippen molar-refractivity contribution in [1.29, 1.82) is 0 Å². The Morgan fingerprint density at radius 2 is 1.83 bits per heavy atom. The minimum atomic E-state index is -0.462. The fraction of sp³-hybridized carbons (Fsp3) is 0.250. The van der Waals surface area contributed by atoms with Crippen LogP contribution in [-0.4, -0.2) is 46.5 Å². The summed E-state index contributed by atoms with van der Waals surface area (Å²) in [6.45, 7) is 3.61. The molecule has 2 aliphatic rings. The van der Waals surface area contributed by atoms with Crippen LogP contribution in [0.25, 0.3) is 22.2 Å². The van der Waals surface area contributed by atoms with Gasteiger partial charge in [0.25, 0.3) is 5.91 Å². The fourth-order valence-electron chi connectivity index (χ4n) is 5.26. The first-order valence-corrected chi connectivity index (χ1v) is 11.8. The molecule has 35 heavy (non-hydrogen) atoms. The van der Waals surface area contributed by atoms with Crippen LogP contribution in [-0.2, 0) is 0 Å². The molecular formula is C28H24F2N4O. The maximum atomic E-state index is 15.4. The topological polar surface area (TPSA) is 49.3 Å². The molecule has 0 N–H and O–H groups in total. The van der Waals surface area contributed by atoms with Gasteiger partial charge in [0.15, 0.2) is 0 Å². The van der Waals surface area contributed by atoms with Gasteiger partial charge in [0.1, 0.15) is 17.5 Å². The van der Waals surface area contributed by atoms with Gasteiger partial charge in [-0.3, -0.25) is 9.78 Å². The number of halogens is 2. The largest absolute Gasteiger partial charge is 0.350 e. The normalized spacial score (nSPS) is 19.4. The molecule has 2 aliphatic heterocycles. The summed E-state index contributed by atoms with van der Waals surface area (Å²) >= 11 is 0. The Morgan fingerprint density at radius 1 is 1.00 bits per heavy atom. The number of hydrogen-bond acceptors (Lipinski definition) is 4. The van der Waals surface area contributed by atoms with Crippen LogP contribution in [0.3, 0.4) is 0 Å². The van der Waals surface area contributed by atoms with Crippen molar-refractivity contribution in [2.75, 3.05) is 24.5 Å². The number of aromatic nitrogens is 2. The molecule has 1 aromatic heterocycles. The maximum absolute atomic E-state index is 15.4. The molecule has 176 valence electrons. The number of nitrogens with zero attached hydrogens (tertiary/aromatic N) is 4. The first-order chi connectivity index (χ1) is 17.0. The number of carbonyl (C=O) groups is 1. The van der Waals surface area contributed by atoms with Gasteiger partial charge in [-0.15, -0.1) is 0 Å². The van der Waals surface area contributed by atoms with Gasteiger partial charge >= 0.3 is 0 Å². The number of fused-ring (bicyclic) bond motifs is 2. The monoisotopic (exact) mass is 470 g/mol. The van der Waals surface area contributed by atoms with E-state index >= 15 is 4.39 Å². The molecule has 7 heteroatoms. The van der Waals surface area contributed by atoms with Gasteiger partial charge in [0.05, 0.1) is 28.8 Å². The van der Waals surface area contributed by atoms with E-state index in [4.69, 9.17) is 0 Å². The van der Waals surface area contributed by atoms with Crippen LogP contribution < -0.4 is 4.90 Å². The summed E-state index contributed by atoms with van der Waals surface area (Å²) in [7, 11) is 0. The number of amides is 1. The Kier molecular flexibility index (Phi) is 5.20. The van der Waals surface area contributed by atoms with Crippen LogP contribution in [0.4, 0.5) is 14.6 Å². The number of benzene rings is 3. The van der Waals surface area contributed by atoms with Crippen LogP contribution >= 0.6 is 0 Å². The quantitative estimate of drug-likeness (QED) is 0.411. The van der Waals surface area contributed by atoms with E-state index in [0.29, 0.717) is 47.0 Å². The van der Waals surface area contributed by atoms with Crippen LogP contribution in [0.2, 0.25) is 0 Å². The molecule has 1 amide bonds. The highest BCUT2D eigenvalue weighted by Gasteiger charge is 2.45. The first-order valence-electron chi connectivity index (χ1n) is 11.8. The van der Waals surface area contributed by atoms with E-state index in [1.807, 2.05) is 36.4 Å². The summed E-state index contributed by atoms with van der Waals surface area (Å²) in [6, 6.07) is 17.5. The predicted octanol–water partition coefficient (Wildman–Crippen LogP) is 5.23. The fourth-order valence-corrected chi connectivity index (χ4v) is 5.26. The summed E-state index contributed by atoms with van der Waals surface area (Å²) in [5, 5.41) is 0. The van der Waals surface area contributed by atoms with Gasteiger partial charge in [0, 0.05) is 31.6 Å². The number of carbonyl (C=O) groups excluding carboxylic acids is 1. The van der Waals surface area contributed by atoms with Crippen molar-refractivity contribution in [2.45, 2.75) is 19.4 Å². The molecule has 0 bridgehead atoms.